The van der Waals surface area contributed by atoms with E-state index in [0.29, 0.717) is 6.54 Å². The molecule has 1 aliphatic heterocycles. The molecule has 1 aliphatic rings. The lowest BCUT2D eigenvalue weighted by molar-refractivity contribution is 0.114. The van der Waals surface area contributed by atoms with Crippen molar-refractivity contribution in [1.82, 2.24) is 4.90 Å². The first-order valence-corrected chi connectivity index (χ1v) is 6.47. The van der Waals surface area contributed by atoms with Crippen molar-refractivity contribution < 1.29 is 9.90 Å². The second-order valence-corrected chi connectivity index (χ2v) is 4.81. The molecule has 4 heteroatoms. The molecule has 0 saturated heterocycles. The predicted octanol–water partition coefficient (Wildman–Crippen LogP) is 2.88. The van der Waals surface area contributed by atoms with Gasteiger partial charge < -0.3 is 10.0 Å². The van der Waals surface area contributed by atoms with E-state index in [2.05, 4.69) is 22.0 Å². The van der Waals surface area contributed by atoms with Gasteiger partial charge in [-0.15, -0.1) is 0 Å². The van der Waals surface area contributed by atoms with Crippen molar-refractivity contribution in [3.05, 3.63) is 35.4 Å². The van der Waals surface area contributed by atoms with Crippen molar-refractivity contribution >= 4 is 22.0 Å². The molecule has 16 heavy (non-hydrogen) atoms. The minimum absolute atomic E-state index is 0.103. The molecule has 0 fully saturated rings. The molecule has 1 amide bonds. The molecule has 0 saturated carbocycles. The number of carboxylic acid groups (broad SMARTS) is 1. The summed E-state index contributed by atoms with van der Waals surface area (Å²) < 4.78 is 0. The first-order chi connectivity index (χ1) is 7.72. The number of fused-ring (bicyclic) bond motifs is 1. The standard InChI is InChI=1S/C12H14BrNO2/c13-6-5-11-7-9-3-1-2-4-10(9)8-14(11)12(15)16/h1-4,11H,5-8H2,(H,15,16)/t11-/m1/s1. The first kappa shape index (κ1) is 11.5. The predicted molar refractivity (Wildman–Crippen MR) is 65.9 cm³/mol. The Morgan fingerprint density at radius 2 is 2.12 bits per heavy atom. The second-order valence-electron chi connectivity index (χ2n) is 4.01. The number of benzene rings is 1. The van der Waals surface area contributed by atoms with Crippen LogP contribution in [0.25, 0.3) is 0 Å². The van der Waals surface area contributed by atoms with E-state index >= 15 is 0 Å². The van der Waals surface area contributed by atoms with Crippen molar-refractivity contribution in [2.24, 2.45) is 0 Å². The molecule has 1 aromatic rings. The average molecular weight is 284 g/mol. The first-order valence-electron chi connectivity index (χ1n) is 5.34. The summed E-state index contributed by atoms with van der Waals surface area (Å²) >= 11 is 3.38. The fourth-order valence-corrected chi connectivity index (χ4v) is 2.72. The summed E-state index contributed by atoms with van der Waals surface area (Å²) in [5, 5.41) is 10.0. The quantitative estimate of drug-likeness (QED) is 0.848. The fraction of sp³-hybridized carbons (Fsp3) is 0.417. The van der Waals surface area contributed by atoms with E-state index in [9.17, 15) is 9.90 Å². The summed E-state index contributed by atoms with van der Waals surface area (Å²) in [4.78, 5) is 12.7. The maximum Gasteiger partial charge on any atom is 0.407 e. The Morgan fingerprint density at radius 3 is 2.75 bits per heavy atom. The smallest absolute Gasteiger partial charge is 0.407 e. The lowest BCUT2D eigenvalue weighted by atomic mass is 9.93. The second kappa shape index (κ2) is 4.87. The van der Waals surface area contributed by atoms with Crippen LogP contribution in [0.15, 0.2) is 24.3 Å². The van der Waals surface area contributed by atoms with E-state index in [1.54, 1.807) is 4.90 Å². The lowest BCUT2D eigenvalue weighted by Gasteiger charge is -2.34. The van der Waals surface area contributed by atoms with Gasteiger partial charge in [0.25, 0.3) is 0 Å². The maximum absolute atomic E-state index is 11.2. The molecule has 2 rings (SSSR count). The van der Waals surface area contributed by atoms with Crippen molar-refractivity contribution in [2.45, 2.75) is 25.4 Å². The van der Waals surface area contributed by atoms with Gasteiger partial charge in [-0.2, -0.15) is 0 Å². The van der Waals surface area contributed by atoms with E-state index in [1.165, 1.54) is 5.56 Å². The molecule has 1 heterocycles. The molecule has 0 bridgehead atoms. The number of hydrogen-bond donors (Lipinski definition) is 1. The van der Waals surface area contributed by atoms with Gasteiger partial charge in [-0.25, -0.2) is 4.79 Å². The molecule has 0 aliphatic carbocycles. The Hall–Kier alpha value is -1.03. The third-order valence-corrected chi connectivity index (χ3v) is 3.50. The fourth-order valence-electron chi connectivity index (χ4n) is 2.20. The van der Waals surface area contributed by atoms with Crippen LogP contribution in [0.3, 0.4) is 0 Å². The van der Waals surface area contributed by atoms with Gasteiger partial charge in [-0.1, -0.05) is 40.2 Å². The summed E-state index contributed by atoms with van der Waals surface area (Å²) in [5.41, 5.74) is 2.42. The minimum atomic E-state index is -0.819. The molecule has 1 N–H and O–H groups in total. The summed E-state index contributed by atoms with van der Waals surface area (Å²) in [6.45, 7) is 0.517. The van der Waals surface area contributed by atoms with E-state index in [4.69, 9.17) is 0 Å². The number of hydrogen-bond acceptors (Lipinski definition) is 1. The zero-order chi connectivity index (χ0) is 11.5. The Morgan fingerprint density at radius 1 is 1.44 bits per heavy atom. The van der Waals surface area contributed by atoms with Crippen LogP contribution in [0.2, 0.25) is 0 Å². The zero-order valence-electron chi connectivity index (χ0n) is 8.90. The topological polar surface area (TPSA) is 40.5 Å². The Bertz CT molecular complexity index is 394. The summed E-state index contributed by atoms with van der Waals surface area (Å²) in [6.07, 6.45) is 0.870. The molecular weight excluding hydrogens is 270 g/mol. The highest BCUT2D eigenvalue weighted by Crippen LogP contribution is 2.25. The average Bonchev–Trinajstić information content (AvgIpc) is 2.28. The Labute approximate surface area is 103 Å². The SMILES string of the molecule is O=C(O)N1Cc2ccccc2C[C@H]1CCBr. The van der Waals surface area contributed by atoms with Crippen molar-refractivity contribution in [1.29, 1.82) is 0 Å². The third kappa shape index (κ3) is 2.21. The molecular formula is C12H14BrNO2. The van der Waals surface area contributed by atoms with Gasteiger partial charge in [0.05, 0.1) is 0 Å². The van der Waals surface area contributed by atoms with Crippen molar-refractivity contribution in [3.63, 3.8) is 0 Å². The van der Waals surface area contributed by atoms with Crippen LogP contribution >= 0.6 is 15.9 Å². The van der Waals surface area contributed by atoms with E-state index in [0.717, 1.165) is 23.7 Å². The lowest BCUT2D eigenvalue weighted by Crippen LogP contribution is -2.43. The molecule has 0 unspecified atom stereocenters. The Balaban J connectivity index is 2.25. The number of carbonyl (C=O) groups is 1. The summed E-state index contributed by atoms with van der Waals surface area (Å²) in [6, 6.07) is 8.18. The summed E-state index contributed by atoms with van der Waals surface area (Å²) in [7, 11) is 0. The summed E-state index contributed by atoms with van der Waals surface area (Å²) in [5.74, 6) is 0. The van der Waals surface area contributed by atoms with Crippen molar-refractivity contribution in [3.8, 4) is 0 Å². The van der Waals surface area contributed by atoms with Gasteiger partial charge in [0.1, 0.15) is 0 Å². The van der Waals surface area contributed by atoms with Crippen LogP contribution in [0.5, 0.6) is 0 Å². The number of rotatable bonds is 2. The van der Waals surface area contributed by atoms with Gasteiger partial charge >= 0.3 is 6.09 Å². The van der Waals surface area contributed by atoms with Gasteiger partial charge in [0.15, 0.2) is 0 Å². The highest BCUT2D eigenvalue weighted by molar-refractivity contribution is 9.09. The number of halogens is 1. The molecule has 86 valence electrons. The van der Waals surface area contributed by atoms with Crippen LogP contribution in [-0.4, -0.2) is 27.5 Å². The molecule has 3 nitrogen and oxygen atoms in total. The van der Waals surface area contributed by atoms with Gasteiger partial charge in [-0.3, -0.25) is 0 Å². The number of amides is 1. The zero-order valence-corrected chi connectivity index (χ0v) is 10.5. The maximum atomic E-state index is 11.2. The normalized spacial score (nSPS) is 19.3. The molecule has 1 aromatic carbocycles. The molecule has 1 atom stereocenters. The van der Waals surface area contributed by atoms with Gasteiger partial charge in [-0.05, 0) is 24.0 Å². The van der Waals surface area contributed by atoms with Crippen LogP contribution in [0.1, 0.15) is 17.5 Å². The third-order valence-electron chi connectivity index (χ3n) is 3.04. The van der Waals surface area contributed by atoms with Crippen LogP contribution in [-0.2, 0) is 13.0 Å². The largest absolute Gasteiger partial charge is 0.465 e. The molecule has 0 spiro atoms. The van der Waals surface area contributed by atoms with Gasteiger partial charge in [0, 0.05) is 17.9 Å². The number of alkyl halides is 1. The Kier molecular flexibility index (Phi) is 3.49. The molecule has 0 radical (unpaired) electrons. The van der Waals surface area contributed by atoms with Gasteiger partial charge in [0.2, 0.25) is 0 Å². The van der Waals surface area contributed by atoms with E-state index in [1.807, 2.05) is 18.2 Å². The monoisotopic (exact) mass is 283 g/mol. The minimum Gasteiger partial charge on any atom is -0.465 e. The highest BCUT2D eigenvalue weighted by Gasteiger charge is 2.28. The highest BCUT2D eigenvalue weighted by atomic mass is 79.9. The van der Waals surface area contributed by atoms with Crippen LogP contribution < -0.4 is 0 Å². The van der Waals surface area contributed by atoms with E-state index in [-0.39, 0.29) is 6.04 Å². The van der Waals surface area contributed by atoms with Crippen LogP contribution in [0, 0.1) is 0 Å². The van der Waals surface area contributed by atoms with E-state index < -0.39 is 6.09 Å². The molecule has 0 aromatic heterocycles. The number of nitrogens with zero attached hydrogens (tertiary/aromatic N) is 1. The van der Waals surface area contributed by atoms with Crippen molar-refractivity contribution in [2.75, 3.05) is 5.33 Å². The van der Waals surface area contributed by atoms with Crippen LogP contribution in [0.4, 0.5) is 4.79 Å².